The Hall–Kier alpha value is -1.63. The predicted molar refractivity (Wildman–Crippen MR) is 50.6 cm³/mol. The molecule has 7 nitrogen and oxygen atoms in total. The number of nitrogens with two attached hydrogens (primary N) is 2. The second-order valence-corrected chi connectivity index (χ2v) is 2.85. The first-order valence-electron chi connectivity index (χ1n) is 3.72. The van der Waals surface area contributed by atoms with Gasteiger partial charge in [-0.15, -0.1) is 5.10 Å². The van der Waals surface area contributed by atoms with Gasteiger partial charge in [-0.2, -0.15) is 0 Å². The molecular formula is C6H13N7. The number of hydrogen-bond donors (Lipinski definition) is 4. The first-order valence-corrected chi connectivity index (χ1v) is 3.72. The van der Waals surface area contributed by atoms with Gasteiger partial charge in [0.15, 0.2) is 0 Å². The number of likely N-dealkylation sites (tertiary alicyclic amines) is 1. The monoisotopic (exact) mass is 183 g/mol. The van der Waals surface area contributed by atoms with E-state index in [1.165, 1.54) is 5.01 Å². The van der Waals surface area contributed by atoms with Crippen molar-refractivity contribution < 1.29 is 0 Å². The standard InChI is InChI=1S/C6H13N7/c1-12(10)6(11-9)13-2-4(7)5(8)3-13/h7-8H,2-3,9-10H2,1H3/b7-4?,8-5?,11-6+. The summed E-state index contributed by atoms with van der Waals surface area (Å²) in [5, 5.41) is 19.5. The number of guanidine groups is 1. The van der Waals surface area contributed by atoms with Crippen LogP contribution in [0.1, 0.15) is 0 Å². The summed E-state index contributed by atoms with van der Waals surface area (Å²) in [5.74, 6) is 11.0. The molecule has 1 fully saturated rings. The van der Waals surface area contributed by atoms with E-state index in [1.54, 1.807) is 11.9 Å². The van der Waals surface area contributed by atoms with Crippen molar-refractivity contribution in [3.05, 3.63) is 0 Å². The lowest BCUT2D eigenvalue weighted by atomic mass is 10.3. The van der Waals surface area contributed by atoms with Crippen LogP contribution in [0.3, 0.4) is 0 Å². The minimum atomic E-state index is 0.281. The van der Waals surface area contributed by atoms with Gasteiger partial charge in [0.1, 0.15) is 0 Å². The highest BCUT2D eigenvalue weighted by Crippen LogP contribution is 2.03. The Morgan fingerprint density at radius 2 is 1.92 bits per heavy atom. The SMILES string of the molecule is CN(N)/C(=N\N)N1CC(=N)C(=N)C1. The van der Waals surface area contributed by atoms with Crippen LogP contribution in [-0.2, 0) is 0 Å². The van der Waals surface area contributed by atoms with Gasteiger partial charge in [0.2, 0.25) is 5.96 Å². The molecule has 1 rings (SSSR count). The number of hydrogen-bond acceptors (Lipinski definition) is 5. The molecule has 0 saturated carbocycles. The van der Waals surface area contributed by atoms with Crippen LogP contribution in [-0.4, -0.2) is 47.4 Å². The van der Waals surface area contributed by atoms with Gasteiger partial charge in [0.05, 0.1) is 24.5 Å². The van der Waals surface area contributed by atoms with Crippen LogP contribution in [0.25, 0.3) is 0 Å². The molecule has 7 heteroatoms. The van der Waals surface area contributed by atoms with Gasteiger partial charge < -0.3 is 21.6 Å². The second kappa shape index (κ2) is 3.40. The lowest BCUT2D eigenvalue weighted by molar-refractivity contribution is 0.417. The summed E-state index contributed by atoms with van der Waals surface area (Å²) in [5.41, 5.74) is 0.561. The highest BCUT2D eigenvalue weighted by molar-refractivity contribution is 6.44. The van der Waals surface area contributed by atoms with E-state index < -0.39 is 0 Å². The Kier molecular flexibility index (Phi) is 2.47. The topological polar surface area (TPSA) is 119 Å². The third kappa shape index (κ3) is 1.75. The van der Waals surface area contributed by atoms with Crippen molar-refractivity contribution in [1.29, 1.82) is 10.8 Å². The highest BCUT2D eigenvalue weighted by Gasteiger charge is 2.25. The van der Waals surface area contributed by atoms with E-state index in [9.17, 15) is 0 Å². The Bertz CT molecular complexity index is 250. The molecule has 72 valence electrons. The van der Waals surface area contributed by atoms with Crippen LogP contribution < -0.4 is 11.7 Å². The van der Waals surface area contributed by atoms with E-state index in [0.717, 1.165) is 0 Å². The zero-order chi connectivity index (χ0) is 10.0. The molecule has 0 unspecified atom stereocenters. The van der Waals surface area contributed by atoms with Crippen molar-refractivity contribution in [3.63, 3.8) is 0 Å². The van der Waals surface area contributed by atoms with Crippen molar-refractivity contribution in [2.45, 2.75) is 0 Å². The van der Waals surface area contributed by atoms with Gasteiger partial charge in [-0.1, -0.05) is 0 Å². The third-order valence-corrected chi connectivity index (χ3v) is 1.78. The molecule has 1 saturated heterocycles. The average molecular weight is 183 g/mol. The minimum Gasteiger partial charge on any atom is -0.328 e. The number of hydrazone groups is 1. The molecule has 6 N–H and O–H groups in total. The van der Waals surface area contributed by atoms with Gasteiger partial charge in [0, 0.05) is 7.05 Å². The molecular weight excluding hydrogens is 170 g/mol. The lowest BCUT2D eigenvalue weighted by Gasteiger charge is -2.23. The average Bonchev–Trinajstić information content (AvgIpc) is 2.32. The molecule has 0 aromatic carbocycles. The smallest absolute Gasteiger partial charge is 0.233 e. The van der Waals surface area contributed by atoms with Crippen LogP contribution in [0.4, 0.5) is 0 Å². The van der Waals surface area contributed by atoms with Crippen molar-refractivity contribution in [2.75, 3.05) is 20.1 Å². The number of nitrogens with zero attached hydrogens (tertiary/aromatic N) is 3. The highest BCUT2D eigenvalue weighted by atomic mass is 15.5. The summed E-state index contributed by atoms with van der Waals surface area (Å²) in [4.78, 5) is 1.67. The summed E-state index contributed by atoms with van der Waals surface area (Å²) < 4.78 is 0. The Balaban J connectivity index is 2.75. The number of nitrogens with one attached hydrogen (secondary N) is 2. The molecule has 0 radical (unpaired) electrons. The van der Waals surface area contributed by atoms with Gasteiger partial charge in [-0.25, -0.2) is 5.84 Å². The van der Waals surface area contributed by atoms with Gasteiger partial charge >= 0.3 is 0 Å². The largest absolute Gasteiger partial charge is 0.328 e. The summed E-state index contributed by atoms with van der Waals surface area (Å²) in [6.45, 7) is 0.687. The fourth-order valence-corrected chi connectivity index (χ4v) is 1.17. The third-order valence-electron chi connectivity index (χ3n) is 1.78. The summed E-state index contributed by atoms with van der Waals surface area (Å²) >= 11 is 0. The first kappa shape index (κ1) is 9.46. The molecule has 0 aromatic rings. The molecule has 0 aliphatic carbocycles. The lowest BCUT2D eigenvalue weighted by Crippen LogP contribution is -2.45. The van der Waals surface area contributed by atoms with Crippen LogP contribution in [0, 0.1) is 10.8 Å². The van der Waals surface area contributed by atoms with Gasteiger partial charge in [-0.05, 0) is 0 Å². The maximum atomic E-state index is 7.37. The van der Waals surface area contributed by atoms with Crippen LogP contribution in [0.2, 0.25) is 0 Å². The molecule has 13 heavy (non-hydrogen) atoms. The zero-order valence-corrected chi connectivity index (χ0v) is 7.41. The maximum absolute atomic E-state index is 7.37. The van der Waals surface area contributed by atoms with E-state index >= 15 is 0 Å². The second-order valence-electron chi connectivity index (χ2n) is 2.85. The number of hydrazine groups is 1. The minimum absolute atomic E-state index is 0.281. The van der Waals surface area contributed by atoms with E-state index in [0.29, 0.717) is 19.0 Å². The van der Waals surface area contributed by atoms with Crippen molar-refractivity contribution in [3.8, 4) is 0 Å². The van der Waals surface area contributed by atoms with Crippen LogP contribution in [0.5, 0.6) is 0 Å². The Morgan fingerprint density at radius 1 is 1.46 bits per heavy atom. The fraction of sp³-hybridized carbons (Fsp3) is 0.500. The van der Waals surface area contributed by atoms with Crippen LogP contribution >= 0.6 is 0 Å². The first-order chi connectivity index (χ1) is 6.06. The molecule has 0 atom stereocenters. The van der Waals surface area contributed by atoms with Gasteiger partial charge in [-0.3, -0.25) is 5.01 Å². The molecule has 1 aliphatic heterocycles. The quantitative estimate of drug-likeness (QED) is 0.156. The predicted octanol–water partition coefficient (Wildman–Crippen LogP) is -1.62. The summed E-state index contributed by atoms with van der Waals surface area (Å²) in [7, 11) is 1.61. The van der Waals surface area contributed by atoms with Crippen molar-refractivity contribution >= 4 is 17.4 Å². The molecule has 0 spiro atoms. The Labute approximate surface area is 76.0 Å². The van der Waals surface area contributed by atoms with Crippen molar-refractivity contribution in [1.82, 2.24) is 9.91 Å². The van der Waals surface area contributed by atoms with Gasteiger partial charge in [0.25, 0.3) is 0 Å². The summed E-state index contributed by atoms with van der Waals surface area (Å²) in [6, 6.07) is 0. The van der Waals surface area contributed by atoms with Crippen LogP contribution in [0.15, 0.2) is 5.10 Å². The molecule has 0 aromatic heterocycles. The normalized spacial score (nSPS) is 18.3. The van der Waals surface area contributed by atoms with E-state index in [-0.39, 0.29) is 11.4 Å². The van der Waals surface area contributed by atoms with Crippen molar-refractivity contribution in [2.24, 2.45) is 16.8 Å². The zero-order valence-electron chi connectivity index (χ0n) is 7.41. The molecule has 0 bridgehead atoms. The maximum Gasteiger partial charge on any atom is 0.233 e. The van der Waals surface area contributed by atoms with E-state index in [1.807, 2.05) is 0 Å². The Morgan fingerprint density at radius 3 is 2.23 bits per heavy atom. The molecule has 1 aliphatic rings. The molecule has 1 heterocycles. The number of rotatable bonds is 0. The van der Waals surface area contributed by atoms with E-state index in [4.69, 9.17) is 22.5 Å². The van der Waals surface area contributed by atoms with E-state index in [2.05, 4.69) is 5.10 Å². The fourth-order valence-electron chi connectivity index (χ4n) is 1.17. The summed E-state index contributed by atoms with van der Waals surface area (Å²) in [6.07, 6.45) is 0. The molecule has 0 amide bonds.